The quantitative estimate of drug-likeness (QED) is 0.760. The van der Waals surface area contributed by atoms with Crippen LogP contribution in [-0.4, -0.2) is 23.5 Å². The Hall–Kier alpha value is -0.870. The van der Waals surface area contributed by atoms with Crippen molar-refractivity contribution in [1.29, 1.82) is 0 Å². The number of hydrogen-bond donors (Lipinski definition) is 0. The Labute approximate surface area is 104 Å². The molecule has 1 saturated heterocycles. The third-order valence-corrected chi connectivity index (χ3v) is 5.90. The van der Waals surface area contributed by atoms with Crippen molar-refractivity contribution in [3.63, 3.8) is 0 Å². The summed E-state index contributed by atoms with van der Waals surface area (Å²) in [6, 6.07) is 9.89. The molecule has 1 aromatic carbocycles. The van der Waals surface area contributed by atoms with E-state index >= 15 is 0 Å². The molecule has 4 heteroatoms. The van der Waals surface area contributed by atoms with Crippen molar-refractivity contribution < 1.29 is 8.42 Å². The zero-order valence-corrected chi connectivity index (χ0v) is 11.5. The number of sulfonamides is 1. The molecule has 0 bridgehead atoms. The SMILES string of the molecule is C[C@@H]1[C@@H](c2ccccc2)N1S(=O)(=O)C(C)(C)C. The van der Waals surface area contributed by atoms with Crippen molar-refractivity contribution in [2.24, 2.45) is 0 Å². The van der Waals surface area contributed by atoms with E-state index in [1.54, 1.807) is 25.1 Å². The van der Waals surface area contributed by atoms with Crippen LogP contribution in [0, 0.1) is 0 Å². The number of benzene rings is 1. The second-order valence-corrected chi connectivity index (χ2v) is 8.14. The molecule has 2 rings (SSSR count). The minimum Gasteiger partial charge on any atom is -0.212 e. The van der Waals surface area contributed by atoms with E-state index in [2.05, 4.69) is 0 Å². The molecular formula is C13H19NO2S. The van der Waals surface area contributed by atoms with Crippen molar-refractivity contribution in [3.05, 3.63) is 35.9 Å². The molecule has 94 valence electrons. The Morgan fingerprint density at radius 1 is 1.12 bits per heavy atom. The van der Waals surface area contributed by atoms with Gasteiger partial charge in [-0.15, -0.1) is 0 Å². The highest BCUT2D eigenvalue weighted by molar-refractivity contribution is 7.90. The lowest BCUT2D eigenvalue weighted by Crippen LogP contribution is -2.34. The third kappa shape index (κ3) is 2.00. The lowest BCUT2D eigenvalue weighted by atomic mass is 10.1. The summed E-state index contributed by atoms with van der Waals surface area (Å²) < 4.78 is 25.6. The summed E-state index contributed by atoms with van der Waals surface area (Å²) >= 11 is 0. The summed E-state index contributed by atoms with van der Waals surface area (Å²) in [4.78, 5) is 0. The average Bonchev–Trinajstić information content (AvgIpc) is 2.90. The molecule has 0 radical (unpaired) electrons. The average molecular weight is 253 g/mol. The topological polar surface area (TPSA) is 37.1 Å². The van der Waals surface area contributed by atoms with Gasteiger partial charge in [0.1, 0.15) is 0 Å². The normalized spacial score (nSPS) is 29.1. The summed E-state index contributed by atoms with van der Waals surface area (Å²) in [7, 11) is -3.22. The predicted octanol–water partition coefficient (Wildman–Crippen LogP) is 2.56. The van der Waals surface area contributed by atoms with E-state index < -0.39 is 14.8 Å². The minimum atomic E-state index is -3.22. The molecule has 17 heavy (non-hydrogen) atoms. The van der Waals surface area contributed by atoms with Crippen LogP contribution in [0.15, 0.2) is 30.3 Å². The maximum atomic E-state index is 12.3. The Bertz CT molecular complexity index is 502. The van der Waals surface area contributed by atoms with E-state index in [0.29, 0.717) is 0 Å². The van der Waals surface area contributed by atoms with Gasteiger partial charge in [0, 0.05) is 6.04 Å². The van der Waals surface area contributed by atoms with Gasteiger partial charge in [0.15, 0.2) is 0 Å². The Morgan fingerprint density at radius 3 is 2.12 bits per heavy atom. The zero-order chi connectivity index (χ0) is 12.8. The fraction of sp³-hybridized carbons (Fsp3) is 0.538. The summed E-state index contributed by atoms with van der Waals surface area (Å²) in [6.07, 6.45) is 0. The fourth-order valence-corrected chi connectivity index (χ4v) is 3.81. The predicted molar refractivity (Wildman–Crippen MR) is 69.2 cm³/mol. The maximum absolute atomic E-state index is 12.3. The Kier molecular flexibility index (Phi) is 2.83. The summed E-state index contributed by atoms with van der Waals surface area (Å²) in [5.74, 6) is 0. The van der Waals surface area contributed by atoms with Gasteiger partial charge >= 0.3 is 0 Å². The van der Waals surface area contributed by atoms with Crippen LogP contribution < -0.4 is 0 Å². The van der Waals surface area contributed by atoms with Crippen LogP contribution in [0.3, 0.4) is 0 Å². The number of nitrogens with zero attached hydrogens (tertiary/aromatic N) is 1. The lowest BCUT2D eigenvalue weighted by molar-refractivity contribution is 0.512. The van der Waals surface area contributed by atoms with Crippen LogP contribution in [0.1, 0.15) is 39.3 Å². The van der Waals surface area contributed by atoms with Crippen molar-refractivity contribution >= 4 is 10.0 Å². The molecule has 0 saturated carbocycles. The monoisotopic (exact) mass is 253 g/mol. The van der Waals surface area contributed by atoms with Gasteiger partial charge in [-0.3, -0.25) is 0 Å². The minimum absolute atomic E-state index is 0.0143. The van der Waals surface area contributed by atoms with Crippen molar-refractivity contribution in [2.75, 3.05) is 0 Å². The van der Waals surface area contributed by atoms with Crippen LogP contribution in [0.25, 0.3) is 0 Å². The highest BCUT2D eigenvalue weighted by Gasteiger charge is 2.56. The molecule has 1 heterocycles. The molecule has 1 unspecified atom stereocenters. The number of rotatable bonds is 2. The standard InChI is InChI=1S/C13H19NO2S/c1-10-12(11-8-6-5-7-9-11)14(10)17(15,16)13(2,3)4/h5-10,12H,1-4H3/t10-,12+,14?/m1/s1. The van der Waals surface area contributed by atoms with Gasteiger partial charge < -0.3 is 0 Å². The van der Waals surface area contributed by atoms with Crippen LogP contribution in [0.4, 0.5) is 0 Å². The molecule has 1 fully saturated rings. The molecule has 1 aliphatic heterocycles. The second kappa shape index (κ2) is 3.82. The summed E-state index contributed by atoms with van der Waals surface area (Å²) in [5, 5.41) is 0. The highest BCUT2D eigenvalue weighted by Crippen LogP contribution is 2.47. The molecule has 3 atom stereocenters. The van der Waals surface area contributed by atoms with E-state index in [9.17, 15) is 8.42 Å². The first-order chi connectivity index (χ1) is 7.77. The molecular weight excluding hydrogens is 234 g/mol. The lowest BCUT2D eigenvalue weighted by Gasteiger charge is -2.20. The van der Waals surface area contributed by atoms with Gasteiger partial charge in [-0.05, 0) is 33.3 Å². The van der Waals surface area contributed by atoms with Crippen molar-refractivity contribution in [2.45, 2.75) is 44.5 Å². The fourth-order valence-electron chi connectivity index (χ4n) is 2.08. The first kappa shape index (κ1) is 12.6. The van der Waals surface area contributed by atoms with Gasteiger partial charge in [0.05, 0.1) is 10.8 Å². The highest BCUT2D eigenvalue weighted by atomic mass is 32.2. The second-order valence-electron chi connectivity index (χ2n) is 5.54. The summed E-state index contributed by atoms with van der Waals surface area (Å²) in [5.41, 5.74) is 1.08. The molecule has 0 aliphatic carbocycles. The van der Waals surface area contributed by atoms with E-state index in [0.717, 1.165) is 5.56 Å². The van der Waals surface area contributed by atoms with Crippen LogP contribution in [0.5, 0.6) is 0 Å². The van der Waals surface area contributed by atoms with E-state index in [-0.39, 0.29) is 12.1 Å². The van der Waals surface area contributed by atoms with Gasteiger partial charge in [-0.2, -0.15) is 4.31 Å². The largest absolute Gasteiger partial charge is 0.219 e. The van der Waals surface area contributed by atoms with Crippen LogP contribution in [0.2, 0.25) is 0 Å². The van der Waals surface area contributed by atoms with Gasteiger partial charge in [0.25, 0.3) is 0 Å². The molecule has 0 N–H and O–H groups in total. The Morgan fingerprint density at radius 2 is 1.65 bits per heavy atom. The first-order valence-corrected chi connectivity index (χ1v) is 7.29. The van der Waals surface area contributed by atoms with Crippen LogP contribution in [-0.2, 0) is 10.0 Å². The summed E-state index contributed by atoms with van der Waals surface area (Å²) in [6.45, 7) is 7.20. The molecule has 0 amide bonds. The van der Waals surface area contributed by atoms with Gasteiger partial charge in [-0.25, -0.2) is 8.42 Å². The first-order valence-electron chi connectivity index (χ1n) is 5.85. The van der Waals surface area contributed by atoms with Crippen molar-refractivity contribution in [3.8, 4) is 0 Å². The molecule has 1 aromatic rings. The Balaban J connectivity index is 2.29. The molecule has 0 aromatic heterocycles. The molecule has 3 nitrogen and oxygen atoms in total. The molecule has 1 aliphatic rings. The van der Waals surface area contributed by atoms with Crippen molar-refractivity contribution in [1.82, 2.24) is 4.31 Å². The van der Waals surface area contributed by atoms with E-state index in [1.807, 2.05) is 37.3 Å². The zero-order valence-electron chi connectivity index (χ0n) is 10.7. The smallest absolute Gasteiger partial charge is 0.212 e. The van der Waals surface area contributed by atoms with E-state index in [4.69, 9.17) is 0 Å². The number of hydrogen-bond acceptors (Lipinski definition) is 2. The van der Waals surface area contributed by atoms with Crippen LogP contribution >= 0.6 is 0 Å². The van der Waals surface area contributed by atoms with Gasteiger partial charge in [0.2, 0.25) is 10.0 Å². The van der Waals surface area contributed by atoms with Gasteiger partial charge in [-0.1, -0.05) is 30.3 Å². The maximum Gasteiger partial charge on any atom is 0.219 e. The molecule has 0 spiro atoms. The van der Waals surface area contributed by atoms with E-state index in [1.165, 1.54) is 0 Å². The third-order valence-electron chi connectivity index (χ3n) is 3.24.